The molecule has 3 aliphatic heterocycles. The van der Waals surface area contributed by atoms with E-state index in [-0.39, 0.29) is 17.8 Å². The highest BCUT2D eigenvalue weighted by atomic mass is 35.5. The highest BCUT2D eigenvalue weighted by Gasteiger charge is 2.68. The summed E-state index contributed by atoms with van der Waals surface area (Å²) in [5, 5.41) is 0.448. The van der Waals surface area contributed by atoms with Crippen molar-refractivity contribution in [3.8, 4) is 0 Å². The summed E-state index contributed by atoms with van der Waals surface area (Å²) in [6, 6.07) is 9.73. The third-order valence-electron chi connectivity index (χ3n) is 5.27. The summed E-state index contributed by atoms with van der Waals surface area (Å²) in [5.41, 5.74) is -0.727. The molecule has 1 saturated carbocycles. The number of ether oxygens (including phenoxy) is 1. The molecule has 0 aromatic heterocycles. The number of hydrogen-bond acceptors (Lipinski definition) is 3. The van der Waals surface area contributed by atoms with Crippen molar-refractivity contribution >= 4 is 22.7 Å². The summed E-state index contributed by atoms with van der Waals surface area (Å²) < 4.78 is 5.76. The Morgan fingerprint density at radius 2 is 1.95 bits per heavy atom. The van der Waals surface area contributed by atoms with Crippen LogP contribution in [-0.4, -0.2) is 16.7 Å². The van der Waals surface area contributed by atoms with E-state index < -0.39 is 11.1 Å². The minimum absolute atomic E-state index is 0.207. The van der Waals surface area contributed by atoms with Crippen LogP contribution < -0.4 is 0 Å². The molecule has 0 N–H and O–H groups in total. The van der Waals surface area contributed by atoms with Gasteiger partial charge in [0.1, 0.15) is 5.17 Å². The number of halogens is 1. The number of carbonyl (C=O) groups is 1. The molecule has 2 fully saturated rings. The number of esters is 1. The van der Waals surface area contributed by atoms with Crippen molar-refractivity contribution in [1.29, 1.82) is 0 Å². The second kappa shape index (κ2) is 3.85. The van der Waals surface area contributed by atoms with Crippen LogP contribution in [0.1, 0.15) is 31.7 Å². The van der Waals surface area contributed by atoms with E-state index in [4.69, 9.17) is 16.3 Å². The van der Waals surface area contributed by atoms with Crippen molar-refractivity contribution in [3.63, 3.8) is 0 Å². The normalized spacial score (nSPS) is 42.1. The van der Waals surface area contributed by atoms with E-state index in [0.717, 1.165) is 24.8 Å². The fourth-order valence-electron chi connectivity index (χ4n) is 4.30. The molecule has 0 radical (unpaired) electrons. The quantitative estimate of drug-likeness (QED) is 0.744. The molecule has 4 atom stereocenters. The van der Waals surface area contributed by atoms with E-state index >= 15 is 0 Å². The van der Waals surface area contributed by atoms with Gasteiger partial charge in [-0.3, -0.25) is 0 Å². The monoisotopic (exact) mass is 289 g/mol. The van der Waals surface area contributed by atoms with E-state index in [1.165, 1.54) is 0 Å². The molecule has 104 valence electrons. The van der Waals surface area contributed by atoms with Gasteiger partial charge in [0.2, 0.25) is 0 Å². The Morgan fingerprint density at radius 3 is 2.70 bits per heavy atom. The Kier molecular flexibility index (Phi) is 2.39. The van der Waals surface area contributed by atoms with Crippen molar-refractivity contribution in [2.24, 2.45) is 16.8 Å². The summed E-state index contributed by atoms with van der Waals surface area (Å²) in [4.78, 5) is 17.3. The maximum Gasteiger partial charge on any atom is 0.340 e. The largest absolute Gasteiger partial charge is 0.449 e. The average Bonchev–Trinajstić information content (AvgIpc) is 2.94. The summed E-state index contributed by atoms with van der Waals surface area (Å²) in [7, 11) is 0. The highest BCUT2D eigenvalue weighted by molar-refractivity contribution is 6.68. The molecule has 4 heteroatoms. The molecule has 0 amide bonds. The van der Waals surface area contributed by atoms with Gasteiger partial charge >= 0.3 is 5.97 Å². The van der Waals surface area contributed by atoms with Crippen molar-refractivity contribution in [3.05, 3.63) is 35.9 Å². The maximum absolute atomic E-state index is 12.7. The van der Waals surface area contributed by atoms with Crippen LogP contribution in [0, 0.1) is 11.8 Å². The number of aliphatic imine (C=N–C) groups is 1. The number of fused-ring (bicyclic) bond motifs is 1. The molecule has 1 aromatic carbocycles. The van der Waals surface area contributed by atoms with Crippen LogP contribution in [0.25, 0.3) is 0 Å². The summed E-state index contributed by atoms with van der Waals surface area (Å²) in [5.74, 6) is 0.253. The van der Waals surface area contributed by atoms with Gasteiger partial charge in [-0.05, 0) is 25.3 Å². The summed E-state index contributed by atoms with van der Waals surface area (Å²) in [6.45, 7) is 1.91. The number of rotatable bonds is 1. The second-order valence-corrected chi connectivity index (χ2v) is 6.53. The fraction of sp³-hybridized carbons (Fsp3) is 0.500. The van der Waals surface area contributed by atoms with Gasteiger partial charge in [0, 0.05) is 11.8 Å². The molecular formula is C16H16ClNO2. The second-order valence-electron chi connectivity index (χ2n) is 6.18. The van der Waals surface area contributed by atoms with E-state index in [0.29, 0.717) is 5.17 Å². The molecule has 1 aliphatic carbocycles. The molecule has 1 saturated heterocycles. The lowest BCUT2D eigenvalue weighted by atomic mass is 9.64. The molecule has 2 bridgehead atoms. The zero-order valence-electron chi connectivity index (χ0n) is 11.3. The summed E-state index contributed by atoms with van der Waals surface area (Å²) in [6.07, 6.45) is 3.17. The predicted molar refractivity (Wildman–Crippen MR) is 76.7 cm³/mol. The number of hydrogen-bond donors (Lipinski definition) is 0. The van der Waals surface area contributed by atoms with Gasteiger partial charge in [-0.2, -0.15) is 0 Å². The highest BCUT2D eigenvalue weighted by Crippen LogP contribution is 2.59. The Balaban J connectivity index is 1.99. The molecule has 3 heterocycles. The molecule has 20 heavy (non-hydrogen) atoms. The first-order valence-electron chi connectivity index (χ1n) is 7.14. The van der Waals surface area contributed by atoms with Crippen LogP contribution in [0.3, 0.4) is 0 Å². The van der Waals surface area contributed by atoms with Gasteiger partial charge in [-0.25, -0.2) is 9.79 Å². The van der Waals surface area contributed by atoms with Gasteiger partial charge in [0.25, 0.3) is 0 Å². The first kappa shape index (κ1) is 12.4. The predicted octanol–water partition coefficient (Wildman–Crippen LogP) is 3.26. The Morgan fingerprint density at radius 1 is 1.25 bits per heavy atom. The van der Waals surface area contributed by atoms with Crippen molar-refractivity contribution in [2.45, 2.75) is 37.3 Å². The lowest BCUT2D eigenvalue weighted by molar-refractivity contribution is -0.185. The standard InChI is InChI=1S/C16H16ClNO2/c1-15-11-8-5-9-12(11)16(14(19)20-15,18-13(15)17)10-6-3-2-4-7-10/h2-4,6-7,11-12H,5,8-9H2,1H3/t11-,12+,15+,16+/m0/s1. The molecule has 0 unspecified atom stereocenters. The van der Waals surface area contributed by atoms with Crippen LogP contribution >= 0.6 is 11.6 Å². The van der Waals surface area contributed by atoms with Crippen LogP contribution in [-0.2, 0) is 15.1 Å². The number of carbonyl (C=O) groups excluding carboxylic acids is 1. The molecule has 1 aromatic rings. The van der Waals surface area contributed by atoms with Crippen molar-refractivity contribution in [2.75, 3.05) is 0 Å². The third kappa shape index (κ3) is 1.27. The van der Waals surface area contributed by atoms with Gasteiger partial charge in [-0.1, -0.05) is 48.4 Å². The van der Waals surface area contributed by atoms with Gasteiger partial charge in [0.05, 0.1) is 0 Å². The van der Waals surface area contributed by atoms with E-state index in [1.807, 2.05) is 37.3 Å². The average molecular weight is 290 g/mol. The van der Waals surface area contributed by atoms with Gasteiger partial charge in [-0.15, -0.1) is 0 Å². The lowest BCUT2D eigenvalue weighted by Gasteiger charge is -2.53. The molecule has 5 rings (SSSR count). The van der Waals surface area contributed by atoms with Crippen molar-refractivity contribution in [1.82, 2.24) is 0 Å². The van der Waals surface area contributed by atoms with Gasteiger partial charge < -0.3 is 4.74 Å². The van der Waals surface area contributed by atoms with E-state index in [2.05, 4.69) is 4.99 Å². The Bertz CT molecular complexity index is 614. The molecule has 3 nitrogen and oxygen atoms in total. The summed E-state index contributed by atoms with van der Waals surface area (Å²) >= 11 is 6.40. The van der Waals surface area contributed by atoms with E-state index in [1.54, 1.807) is 0 Å². The first-order chi connectivity index (χ1) is 9.59. The minimum Gasteiger partial charge on any atom is -0.449 e. The molecule has 0 spiro atoms. The van der Waals surface area contributed by atoms with Crippen LogP contribution in [0.4, 0.5) is 0 Å². The first-order valence-corrected chi connectivity index (χ1v) is 7.51. The van der Waals surface area contributed by atoms with Crippen molar-refractivity contribution < 1.29 is 9.53 Å². The zero-order valence-corrected chi connectivity index (χ0v) is 12.1. The molecular weight excluding hydrogens is 274 g/mol. The smallest absolute Gasteiger partial charge is 0.340 e. The maximum atomic E-state index is 12.7. The van der Waals surface area contributed by atoms with Gasteiger partial charge in [0.15, 0.2) is 11.1 Å². The molecule has 4 aliphatic rings. The number of benzene rings is 1. The topological polar surface area (TPSA) is 38.7 Å². The fourth-order valence-corrected chi connectivity index (χ4v) is 4.61. The SMILES string of the molecule is C[C@]12OC(=O)[C@](c3ccccc3)(N=C1Cl)[C@@H]1CCC[C@@H]12. The Hall–Kier alpha value is -1.35. The zero-order chi connectivity index (χ0) is 14.0. The van der Waals surface area contributed by atoms with Crippen LogP contribution in [0.5, 0.6) is 0 Å². The van der Waals surface area contributed by atoms with E-state index in [9.17, 15) is 4.79 Å². The third-order valence-corrected chi connectivity index (χ3v) is 5.73. The lowest BCUT2D eigenvalue weighted by Crippen LogP contribution is -2.65. The van der Waals surface area contributed by atoms with Crippen LogP contribution in [0.15, 0.2) is 35.3 Å². The Labute approximate surface area is 123 Å². The number of nitrogens with zero attached hydrogens (tertiary/aromatic N) is 1. The van der Waals surface area contributed by atoms with Crippen LogP contribution in [0.2, 0.25) is 0 Å². The minimum atomic E-state index is -0.919.